The average Bonchev–Trinajstić information content (AvgIpc) is 3.38. The van der Waals surface area contributed by atoms with Crippen molar-refractivity contribution in [1.29, 1.82) is 0 Å². The normalized spacial score (nSPS) is 22.9. The highest BCUT2D eigenvalue weighted by molar-refractivity contribution is 5.93. The topological polar surface area (TPSA) is 76.5 Å². The van der Waals surface area contributed by atoms with E-state index in [1.165, 1.54) is 5.56 Å². The van der Waals surface area contributed by atoms with Gasteiger partial charge in [0.15, 0.2) is 0 Å². The number of piperidine rings is 1. The number of nitrogens with one attached hydrogen (secondary N) is 1. The summed E-state index contributed by atoms with van der Waals surface area (Å²) in [6.07, 6.45) is 4.79. The second kappa shape index (κ2) is 9.30. The van der Waals surface area contributed by atoms with Crippen LogP contribution >= 0.6 is 0 Å². The number of morpholine rings is 1. The number of rotatable bonds is 5. The number of imidazole rings is 1. The molecular formula is C28H32N4O3. The van der Waals surface area contributed by atoms with Gasteiger partial charge in [0.25, 0.3) is 5.91 Å². The molecule has 0 aliphatic carbocycles. The van der Waals surface area contributed by atoms with Crippen LogP contribution in [0.3, 0.4) is 0 Å². The molecule has 2 amide bonds. The number of carbonyl (C=O) groups is 2. The fourth-order valence-electron chi connectivity index (χ4n) is 5.44. The summed E-state index contributed by atoms with van der Waals surface area (Å²) in [5, 5.41) is 3.06. The second-order valence-corrected chi connectivity index (χ2v) is 9.66. The summed E-state index contributed by atoms with van der Waals surface area (Å²) >= 11 is 0. The second-order valence-electron chi connectivity index (χ2n) is 9.66. The van der Waals surface area contributed by atoms with E-state index in [0.29, 0.717) is 25.2 Å². The molecule has 3 heterocycles. The van der Waals surface area contributed by atoms with Crippen LogP contribution in [0.4, 0.5) is 0 Å². The number of nitrogens with zero attached hydrogens (tertiary/aromatic N) is 3. The van der Waals surface area contributed by atoms with Gasteiger partial charge < -0.3 is 19.5 Å². The molecule has 1 aromatic heterocycles. The third-order valence-corrected chi connectivity index (χ3v) is 7.57. The number of hydrogen-bond donors (Lipinski definition) is 1. The van der Waals surface area contributed by atoms with Crippen molar-refractivity contribution in [3.63, 3.8) is 0 Å². The highest BCUT2D eigenvalue weighted by Crippen LogP contribution is 2.34. The van der Waals surface area contributed by atoms with E-state index >= 15 is 0 Å². The summed E-state index contributed by atoms with van der Waals surface area (Å²) < 4.78 is 7.98. The Morgan fingerprint density at radius 1 is 1.23 bits per heavy atom. The van der Waals surface area contributed by atoms with Crippen LogP contribution in [0, 0.1) is 6.92 Å². The zero-order valence-corrected chi connectivity index (χ0v) is 20.5. The van der Waals surface area contributed by atoms with Crippen LogP contribution in [0.15, 0.2) is 61.1 Å². The minimum atomic E-state index is -0.545. The van der Waals surface area contributed by atoms with Gasteiger partial charge in [-0.1, -0.05) is 61.0 Å². The highest BCUT2D eigenvalue weighted by Gasteiger charge is 2.48. The van der Waals surface area contributed by atoms with Crippen LogP contribution in [0.1, 0.15) is 54.3 Å². The molecule has 0 bridgehead atoms. The molecule has 2 aromatic carbocycles. The summed E-state index contributed by atoms with van der Waals surface area (Å²) in [7, 11) is 0. The van der Waals surface area contributed by atoms with Gasteiger partial charge in [0.1, 0.15) is 17.9 Å². The lowest BCUT2D eigenvalue weighted by atomic mass is 9.83. The molecule has 0 radical (unpaired) electrons. The first-order valence-corrected chi connectivity index (χ1v) is 12.3. The highest BCUT2D eigenvalue weighted by atomic mass is 16.5. The SMILES string of the molecule is CCC12CN(C(=O)c3cncn3C(C)c3ccccc3-c3ccc(C)cc3)CCC1NC(=O)CO2. The number of amides is 2. The molecule has 35 heavy (non-hydrogen) atoms. The van der Waals surface area contributed by atoms with Crippen LogP contribution in [-0.4, -0.2) is 57.6 Å². The monoisotopic (exact) mass is 472 g/mol. The zero-order valence-electron chi connectivity index (χ0n) is 20.5. The Hall–Kier alpha value is -3.45. The largest absolute Gasteiger partial charge is 0.361 e. The lowest BCUT2D eigenvalue weighted by Gasteiger charge is -2.50. The van der Waals surface area contributed by atoms with Crippen molar-refractivity contribution in [3.8, 4) is 11.1 Å². The first kappa shape index (κ1) is 23.3. The van der Waals surface area contributed by atoms with E-state index in [1.54, 1.807) is 12.5 Å². The molecule has 2 fully saturated rings. The van der Waals surface area contributed by atoms with Crippen molar-refractivity contribution in [3.05, 3.63) is 77.9 Å². The van der Waals surface area contributed by atoms with Gasteiger partial charge in [-0.25, -0.2) is 4.98 Å². The van der Waals surface area contributed by atoms with Crippen molar-refractivity contribution in [2.24, 2.45) is 0 Å². The number of benzene rings is 2. The molecule has 0 spiro atoms. The molecule has 2 aliphatic heterocycles. The molecule has 1 N–H and O–H groups in total. The van der Waals surface area contributed by atoms with Crippen molar-refractivity contribution in [1.82, 2.24) is 19.8 Å². The van der Waals surface area contributed by atoms with Crippen LogP contribution in [-0.2, 0) is 9.53 Å². The number of likely N-dealkylation sites (tertiary alicyclic amines) is 1. The summed E-state index contributed by atoms with van der Waals surface area (Å²) in [5.41, 5.74) is 4.65. The van der Waals surface area contributed by atoms with E-state index in [1.807, 2.05) is 28.5 Å². The number of ether oxygens (including phenoxy) is 1. The fourth-order valence-corrected chi connectivity index (χ4v) is 5.44. The number of aromatic nitrogens is 2. The van der Waals surface area contributed by atoms with E-state index in [9.17, 15) is 9.59 Å². The van der Waals surface area contributed by atoms with Gasteiger partial charge >= 0.3 is 0 Å². The first-order valence-electron chi connectivity index (χ1n) is 12.3. The Morgan fingerprint density at radius 3 is 2.77 bits per heavy atom. The van der Waals surface area contributed by atoms with Crippen molar-refractivity contribution < 1.29 is 14.3 Å². The molecule has 3 unspecified atom stereocenters. The first-order chi connectivity index (χ1) is 16.9. The number of carbonyl (C=O) groups excluding carboxylic acids is 2. The maximum absolute atomic E-state index is 13.7. The minimum absolute atomic E-state index is 0.0388. The van der Waals surface area contributed by atoms with E-state index in [0.717, 1.165) is 23.1 Å². The van der Waals surface area contributed by atoms with E-state index in [2.05, 4.69) is 60.5 Å². The van der Waals surface area contributed by atoms with Gasteiger partial charge in [-0.2, -0.15) is 0 Å². The Kier molecular flexibility index (Phi) is 6.19. The Morgan fingerprint density at radius 2 is 2.00 bits per heavy atom. The zero-order chi connectivity index (χ0) is 24.6. The van der Waals surface area contributed by atoms with Crippen molar-refractivity contribution in [2.75, 3.05) is 19.7 Å². The Labute approximate surface area is 206 Å². The summed E-state index contributed by atoms with van der Waals surface area (Å²) in [4.78, 5) is 31.8. The van der Waals surface area contributed by atoms with Gasteiger partial charge in [0, 0.05) is 6.54 Å². The standard InChI is InChI=1S/C28H32N4O3/c1-4-28-17-31(14-13-25(28)30-26(33)16-35-28)27(34)24-15-29-18-32(24)20(3)22-7-5-6-8-23(22)21-11-9-19(2)10-12-21/h5-12,15,18,20,25H,4,13-14,16-17H2,1-3H3,(H,30,33). The third kappa shape index (κ3) is 4.25. The van der Waals surface area contributed by atoms with E-state index in [-0.39, 0.29) is 30.5 Å². The summed E-state index contributed by atoms with van der Waals surface area (Å²) in [6.45, 7) is 7.29. The molecule has 7 heteroatoms. The fraction of sp³-hybridized carbons (Fsp3) is 0.393. The van der Waals surface area contributed by atoms with Crippen LogP contribution in [0.2, 0.25) is 0 Å². The van der Waals surface area contributed by atoms with Crippen LogP contribution in [0.25, 0.3) is 11.1 Å². The third-order valence-electron chi connectivity index (χ3n) is 7.57. The number of hydrogen-bond acceptors (Lipinski definition) is 4. The quantitative estimate of drug-likeness (QED) is 0.610. The molecule has 7 nitrogen and oxygen atoms in total. The lowest BCUT2D eigenvalue weighted by Crippen LogP contribution is -2.68. The molecule has 2 saturated heterocycles. The summed E-state index contributed by atoms with van der Waals surface area (Å²) in [5.74, 6) is -0.146. The van der Waals surface area contributed by atoms with Crippen LogP contribution in [0.5, 0.6) is 0 Å². The molecule has 5 rings (SSSR count). The maximum Gasteiger partial charge on any atom is 0.272 e. The predicted molar refractivity (Wildman–Crippen MR) is 134 cm³/mol. The maximum atomic E-state index is 13.7. The van der Waals surface area contributed by atoms with E-state index in [4.69, 9.17) is 4.74 Å². The van der Waals surface area contributed by atoms with Crippen molar-refractivity contribution in [2.45, 2.75) is 51.3 Å². The van der Waals surface area contributed by atoms with Gasteiger partial charge in [-0.3, -0.25) is 9.59 Å². The van der Waals surface area contributed by atoms with Gasteiger partial charge in [0.05, 0.1) is 31.2 Å². The summed E-state index contributed by atoms with van der Waals surface area (Å²) in [6, 6.07) is 16.7. The van der Waals surface area contributed by atoms with E-state index < -0.39 is 5.60 Å². The lowest BCUT2D eigenvalue weighted by molar-refractivity contribution is -0.161. The molecular weight excluding hydrogens is 440 g/mol. The van der Waals surface area contributed by atoms with Crippen LogP contribution < -0.4 is 5.32 Å². The molecule has 182 valence electrons. The van der Waals surface area contributed by atoms with Gasteiger partial charge in [0.2, 0.25) is 5.91 Å². The smallest absolute Gasteiger partial charge is 0.272 e. The van der Waals surface area contributed by atoms with Gasteiger partial charge in [-0.15, -0.1) is 0 Å². The number of fused-ring (bicyclic) bond motifs is 1. The molecule has 3 atom stereocenters. The minimum Gasteiger partial charge on any atom is -0.361 e. The van der Waals surface area contributed by atoms with Crippen molar-refractivity contribution >= 4 is 11.8 Å². The molecule has 3 aromatic rings. The molecule has 0 saturated carbocycles. The number of aryl methyl sites for hydroxylation is 1. The Bertz CT molecular complexity index is 1240. The average molecular weight is 473 g/mol. The molecule has 2 aliphatic rings. The Balaban J connectivity index is 1.42. The van der Waals surface area contributed by atoms with Gasteiger partial charge in [-0.05, 0) is 43.4 Å². The predicted octanol–water partition coefficient (Wildman–Crippen LogP) is 3.98.